The molecule has 3 heterocycles. The van der Waals surface area contributed by atoms with Crippen molar-refractivity contribution in [1.29, 1.82) is 0 Å². The normalized spacial score (nSPS) is 16.2. The van der Waals surface area contributed by atoms with E-state index in [9.17, 15) is 4.79 Å². The van der Waals surface area contributed by atoms with Gasteiger partial charge in [-0.3, -0.25) is 9.78 Å². The average molecular weight is 335 g/mol. The zero-order valence-corrected chi connectivity index (χ0v) is 14.0. The molecule has 25 heavy (non-hydrogen) atoms. The molecule has 1 fully saturated rings. The van der Waals surface area contributed by atoms with Crippen LogP contribution in [-0.2, 0) is 0 Å². The number of nitrogens with one attached hydrogen (secondary N) is 1. The van der Waals surface area contributed by atoms with E-state index in [-0.39, 0.29) is 11.9 Å². The minimum atomic E-state index is -0.115. The monoisotopic (exact) mass is 335 g/mol. The summed E-state index contributed by atoms with van der Waals surface area (Å²) < 4.78 is 1.67. The van der Waals surface area contributed by atoms with E-state index in [1.165, 1.54) is 12.8 Å². The number of fused-ring (bicyclic) bond motifs is 1. The smallest absolute Gasteiger partial charge is 0.255 e. The number of carbonyl (C=O) groups excluding carboxylic acids is 1. The van der Waals surface area contributed by atoms with E-state index in [1.807, 2.05) is 18.2 Å². The summed E-state index contributed by atoms with van der Waals surface area (Å²) in [5.41, 5.74) is 2.39. The van der Waals surface area contributed by atoms with E-state index in [1.54, 1.807) is 29.3 Å². The van der Waals surface area contributed by atoms with Crippen molar-refractivity contribution in [1.82, 2.24) is 24.8 Å². The van der Waals surface area contributed by atoms with Crippen molar-refractivity contribution in [2.75, 3.05) is 19.6 Å². The summed E-state index contributed by atoms with van der Waals surface area (Å²) in [6.45, 7) is 3.02. The fourth-order valence-electron chi connectivity index (χ4n) is 3.39. The Morgan fingerprint density at radius 3 is 2.76 bits per heavy atom. The molecule has 3 aromatic rings. The quantitative estimate of drug-likeness (QED) is 0.777. The highest BCUT2D eigenvalue weighted by atomic mass is 16.1. The lowest BCUT2D eigenvalue weighted by Crippen LogP contribution is -2.37. The molecule has 0 aliphatic carbocycles. The number of rotatable bonds is 5. The summed E-state index contributed by atoms with van der Waals surface area (Å²) in [6.07, 6.45) is 9.13. The summed E-state index contributed by atoms with van der Waals surface area (Å²) in [6, 6.07) is 10.1. The molecule has 1 amide bonds. The van der Waals surface area contributed by atoms with E-state index in [0.717, 1.165) is 25.2 Å². The van der Waals surface area contributed by atoms with Crippen molar-refractivity contribution < 1.29 is 4.79 Å². The molecule has 1 atom stereocenters. The van der Waals surface area contributed by atoms with Gasteiger partial charge in [0.25, 0.3) is 5.91 Å². The molecule has 1 unspecified atom stereocenters. The maximum Gasteiger partial charge on any atom is 0.255 e. The van der Waals surface area contributed by atoms with Crippen LogP contribution < -0.4 is 5.32 Å². The van der Waals surface area contributed by atoms with E-state index in [2.05, 4.69) is 32.4 Å². The first-order chi connectivity index (χ1) is 12.3. The van der Waals surface area contributed by atoms with Gasteiger partial charge in [0.1, 0.15) is 0 Å². The first kappa shape index (κ1) is 15.8. The van der Waals surface area contributed by atoms with Crippen LogP contribution in [0.1, 0.15) is 34.8 Å². The Labute approximate surface area is 146 Å². The minimum Gasteiger partial charge on any atom is -0.344 e. The molecule has 1 aromatic carbocycles. The van der Waals surface area contributed by atoms with Crippen molar-refractivity contribution in [2.45, 2.75) is 18.9 Å². The number of carbonyl (C=O) groups is 1. The third-order valence-corrected chi connectivity index (χ3v) is 4.72. The van der Waals surface area contributed by atoms with Crippen LogP contribution in [0.5, 0.6) is 0 Å². The highest BCUT2D eigenvalue weighted by molar-refractivity contribution is 6.00. The van der Waals surface area contributed by atoms with Gasteiger partial charge in [-0.2, -0.15) is 5.10 Å². The summed E-state index contributed by atoms with van der Waals surface area (Å²) in [5.74, 6) is -0.115. The molecule has 6 heteroatoms. The lowest BCUT2D eigenvalue weighted by molar-refractivity contribution is 0.0929. The lowest BCUT2D eigenvalue weighted by Gasteiger charge is -2.24. The molecule has 128 valence electrons. The molecular weight excluding hydrogens is 314 g/mol. The highest BCUT2D eigenvalue weighted by Gasteiger charge is 2.22. The van der Waals surface area contributed by atoms with Crippen LogP contribution in [0, 0.1) is 0 Å². The Morgan fingerprint density at radius 1 is 1.16 bits per heavy atom. The molecule has 1 aliphatic rings. The molecule has 1 aliphatic heterocycles. The fourth-order valence-corrected chi connectivity index (χ4v) is 3.39. The largest absolute Gasteiger partial charge is 0.344 e. The van der Waals surface area contributed by atoms with Crippen molar-refractivity contribution in [3.8, 4) is 0 Å². The number of benzene rings is 1. The Morgan fingerprint density at radius 2 is 1.96 bits per heavy atom. The van der Waals surface area contributed by atoms with E-state index in [0.29, 0.717) is 11.1 Å². The molecule has 0 spiro atoms. The van der Waals surface area contributed by atoms with Crippen LogP contribution >= 0.6 is 0 Å². The van der Waals surface area contributed by atoms with Crippen LogP contribution in [0.4, 0.5) is 0 Å². The minimum absolute atomic E-state index is 0.0431. The molecule has 4 rings (SSSR count). The van der Waals surface area contributed by atoms with Crippen LogP contribution in [-0.4, -0.2) is 45.0 Å². The van der Waals surface area contributed by atoms with E-state index in [4.69, 9.17) is 0 Å². The zero-order chi connectivity index (χ0) is 17.1. The van der Waals surface area contributed by atoms with Crippen molar-refractivity contribution in [3.05, 3.63) is 66.2 Å². The van der Waals surface area contributed by atoms with Gasteiger partial charge in [0, 0.05) is 18.9 Å². The second kappa shape index (κ2) is 7.03. The Balaban J connectivity index is 1.58. The Bertz CT molecular complexity index is 854. The van der Waals surface area contributed by atoms with Gasteiger partial charge in [0.15, 0.2) is 0 Å². The Kier molecular flexibility index (Phi) is 4.43. The van der Waals surface area contributed by atoms with Crippen LogP contribution in [0.15, 0.2) is 55.1 Å². The predicted octanol–water partition coefficient (Wildman–Crippen LogP) is 2.30. The SMILES string of the molecule is O=C(NC(CN1CCCC1)c1ccccc1)c1cnn2ccncc12. The number of nitrogens with zero attached hydrogens (tertiary/aromatic N) is 4. The molecule has 2 aromatic heterocycles. The van der Waals surface area contributed by atoms with E-state index >= 15 is 0 Å². The highest BCUT2D eigenvalue weighted by Crippen LogP contribution is 2.19. The van der Waals surface area contributed by atoms with Gasteiger partial charge in [0.2, 0.25) is 0 Å². The second-order valence-corrected chi connectivity index (χ2v) is 6.41. The van der Waals surface area contributed by atoms with Gasteiger partial charge < -0.3 is 10.2 Å². The summed E-state index contributed by atoms with van der Waals surface area (Å²) in [5, 5.41) is 7.42. The average Bonchev–Trinajstić information content (AvgIpc) is 3.31. The van der Waals surface area contributed by atoms with Gasteiger partial charge in [-0.1, -0.05) is 30.3 Å². The third-order valence-electron chi connectivity index (χ3n) is 4.72. The second-order valence-electron chi connectivity index (χ2n) is 6.41. The predicted molar refractivity (Wildman–Crippen MR) is 95.3 cm³/mol. The van der Waals surface area contributed by atoms with Crippen molar-refractivity contribution >= 4 is 11.4 Å². The number of amides is 1. The molecule has 0 saturated carbocycles. The van der Waals surface area contributed by atoms with Crippen LogP contribution in [0.2, 0.25) is 0 Å². The van der Waals surface area contributed by atoms with Crippen LogP contribution in [0.3, 0.4) is 0 Å². The zero-order valence-electron chi connectivity index (χ0n) is 14.0. The van der Waals surface area contributed by atoms with Crippen molar-refractivity contribution in [2.24, 2.45) is 0 Å². The number of hydrogen-bond acceptors (Lipinski definition) is 4. The first-order valence-electron chi connectivity index (χ1n) is 8.67. The topological polar surface area (TPSA) is 62.5 Å². The molecule has 1 saturated heterocycles. The van der Waals surface area contributed by atoms with Gasteiger partial charge >= 0.3 is 0 Å². The molecule has 0 radical (unpaired) electrons. The molecule has 1 N–H and O–H groups in total. The third kappa shape index (κ3) is 3.39. The Hall–Kier alpha value is -2.73. The first-order valence-corrected chi connectivity index (χ1v) is 8.67. The van der Waals surface area contributed by atoms with Gasteiger partial charge in [-0.15, -0.1) is 0 Å². The maximum absolute atomic E-state index is 12.9. The van der Waals surface area contributed by atoms with Gasteiger partial charge in [-0.25, -0.2) is 4.52 Å². The molecular formula is C19H21N5O. The fraction of sp³-hybridized carbons (Fsp3) is 0.316. The standard InChI is InChI=1S/C19H21N5O/c25-19(16-12-21-24-11-8-20-13-18(16)24)22-17(14-23-9-4-5-10-23)15-6-2-1-3-7-15/h1-3,6-8,11-13,17H,4-5,9-10,14H2,(H,22,25). The summed E-state index contributed by atoms with van der Waals surface area (Å²) >= 11 is 0. The van der Waals surface area contributed by atoms with Gasteiger partial charge in [-0.05, 0) is 31.5 Å². The van der Waals surface area contributed by atoms with Crippen LogP contribution in [0.25, 0.3) is 5.52 Å². The summed E-state index contributed by atoms with van der Waals surface area (Å²) in [7, 11) is 0. The molecule has 6 nitrogen and oxygen atoms in total. The van der Waals surface area contributed by atoms with Gasteiger partial charge in [0.05, 0.1) is 29.5 Å². The van der Waals surface area contributed by atoms with Crippen molar-refractivity contribution in [3.63, 3.8) is 0 Å². The number of aromatic nitrogens is 3. The maximum atomic E-state index is 12.9. The summed E-state index contributed by atoms with van der Waals surface area (Å²) in [4.78, 5) is 19.4. The number of hydrogen-bond donors (Lipinski definition) is 1. The number of likely N-dealkylation sites (tertiary alicyclic amines) is 1. The van der Waals surface area contributed by atoms with E-state index < -0.39 is 0 Å². The lowest BCUT2D eigenvalue weighted by atomic mass is 10.1. The molecule has 0 bridgehead atoms.